The van der Waals surface area contributed by atoms with Crippen LogP contribution in [0.1, 0.15) is 316 Å². The van der Waals surface area contributed by atoms with Gasteiger partial charge in [-0.25, -0.2) is 0 Å². The molecule has 0 aromatic rings. The summed E-state index contributed by atoms with van der Waals surface area (Å²) in [7, 11) is 0. The van der Waals surface area contributed by atoms with E-state index in [0.717, 1.165) is 64.2 Å². The summed E-state index contributed by atoms with van der Waals surface area (Å²) in [6, 6.07) is 0. The van der Waals surface area contributed by atoms with Crippen LogP contribution in [0.25, 0.3) is 0 Å². The fourth-order valence-electron chi connectivity index (χ4n) is 8.55. The Morgan fingerprint density at radius 2 is 0.508 bits per heavy atom. The van der Waals surface area contributed by atoms with Crippen LogP contribution in [0.4, 0.5) is 0 Å². The zero-order valence-corrected chi connectivity index (χ0v) is 43.8. The lowest BCUT2D eigenvalue weighted by Crippen LogP contribution is -2.30. The Labute approximate surface area is 404 Å². The van der Waals surface area contributed by atoms with E-state index in [1.54, 1.807) is 0 Å². The highest BCUT2D eigenvalue weighted by molar-refractivity contribution is 5.71. The third kappa shape index (κ3) is 52.7. The summed E-state index contributed by atoms with van der Waals surface area (Å²) < 4.78 is 16.9. The van der Waals surface area contributed by atoms with Crippen LogP contribution in [0.2, 0.25) is 0 Å². The van der Waals surface area contributed by atoms with Gasteiger partial charge >= 0.3 is 17.9 Å². The summed E-state index contributed by atoms with van der Waals surface area (Å²) in [5.74, 6) is -0.863. The van der Waals surface area contributed by atoms with Crippen LogP contribution in [-0.2, 0) is 28.6 Å². The number of hydrogen-bond acceptors (Lipinski definition) is 6. The third-order valence-electron chi connectivity index (χ3n) is 12.9. The molecule has 0 heterocycles. The van der Waals surface area contributed by atoms with E-state index in [-0.39, 0.29) is 31.1 Å². The van der Waals surface area contributed by atoms with Gasteiger partial charge in [-0.2, -0.15) is 0 Å². The second kappa shape index (κ2) is 54.5. The summed E-state index contributed by atoms with van der Waals surface area (Å²) in [5, 5.41) is 0. The molecule has 0 fully saturated rings. The molecule has 0 aliphatic carbocycles. The number of esters is 3. The fourth-order valence-corrected chi connectivity index (χ4v) is 8.55. The number of rotatable bonds is 53. The summed E-state index contributed by atoms with van der Waals surface area (Å²) >= 11 is 0. The maximum absolute atomic E-state index is 12.8. The molecule has 1 atom stereocenters. The van der Waals surface area contributed by atoms with E-state index in [4.69, 9.17) is 14.2 Å². The molecule has 0 spiro atoms. The number of carbonyl (C=O) groups is 3. The van der Waals surface area contributed by atoms with Crippen molar-refractivity contribution < 1.29 is 28.6 Å². The Bertz CT molecular complexity index is 1050. The van der Waals surface area contributed by atoms with Crippen molar-refractivity contribution in [2.45, 2.75) is 322 Å². The first-order valence-electron chi connectivity index (χ1n) is 28.8. The molecular formula is C59H110O6. The predicted molar refractivity (Wildman–Crippen MR) is 279 cm³/mol. The topological polar surface area (TPSA) is 78.9 Å². The number of hydrogen-bond donors (Lipinski definition) is 0. The maximum Gasteiger partial charge on any atom is 0.306 e. The summed E-state index contributed by atoms with van der Waals surface area (Å²) in [4.78, 5) is 38.1. The van der Waals surface area contributed by atoms with Gasteiger partial charge in [-0.1, -0.05) is 251 Å². The van der Waals surface area contributed by atoms with Gasteiger partial charge in [0.2, 0.25) is 0 Å². The van der Waals surface area contributed by atoms with E-state index in [0.29, 0.717) is 19.3 Å². The van der Waals surface area contributed by atoms with Crippen LogP contribution in [0.5, 0.6) is 0 Å². The minimum Gasteiger partial charge on any atom is -0.462 e. The Balaban J connectivity index is 4.32. The van der Waals surface area contributed by atoms with Crippen molar-refractivity contribution in [2.75, 3.05) is 13.2 Å². The molecule has 0 saturated carbocycles. The Hall–Kier alpha value is -2.11. The maximum atomic E-state index is 12.8. The molecule has 0 aliphatic heterocycles. The van der Waals surface area contributed by atoms with Crippen LogP contribution in [0.15, 0.2) is 24.3 Å². The van der Waals surface area contributed by atoms with Gasteiger partial charge < -0.3 is 14.2 Å². The van der Waals surface area contributed by atoms with Gasteiger partial charge in [0.15, 0.2) is 6.10 Å². The molecule has 0 N–H and O–H groups in total. The SMILES string of the molecule is CCCCCCCC/C=C\CCCCCCCCCCCC(=O)OC[C@H](COC(=O)CCCCCCCCCCCCCCC)OC(=O)CCCCCCC/C=C\CCCCCCCC. The van der Waals surface area contributed by atoms with Crippen LogP contribution in [0.3, 0.4) is 0 Å². The van der Waals surface area contributed by atoms with Crippen molar-refractivity contribution in [2.24, 2.45) is 0 Å². The number of unbranched alkanes of at least 4 members (excludes halogenated alkanes) is 38. The average molecular weight is 916 g/mol. The Morgan fingerprint density at radius 3 is 0.769 bits per heavy atom. The molecule has 0 radical (unpaired) electrons. The number of ether oxygens (including phenoxy) is 3. The van der Waals surface area contributed by atoms with E-state index in [1.807, 2.05) is 0 Å². The standard InChI is InChI=1S/C59H110O6/c1-4-7-10-13-16-19-22-25-27-28-29-30-32-34-37-40-43-46-49-52-58(61)64-55-56(54-63-57(60)51-48-45-42-39-36-33-24-21-18-15-12-9-6-3)65-59(62)53-50-47-44-41-38-35-31-26-23-20-17-14-11-8-5-2/h25-27,31,56H,4-24,28-30,32-55H2,1-3H3/b27-25-,31-26-/t56-/m0/s1. The van der Waals surface area contributed by atoms with Gasteiger partial charge in [-0.05, 0) is 70.6 Å². The average Bonchev–Trinajstić information content (AvgIpc) is 3.30. The Kier molecular flexibility index (Phi) is 52.7. The number of allylic oxidation sites excluding steroid dienone is 4. The van der Waals surface area contributed by atoms with E-state index in [1.165, 1.54) is 212 Å². The fraction of sp³-hybridized carbons (Fsp3) is 0.881. The second-order valence-corrected chi connectivity index (χ2v) is 19.6. The largest absolute Gasteiger partial charge is 0.462 e. The van der Waals surface area contributed by atoms with Crippen molar-refractivity contribution in [3.8, 4) is 0 Å². The molecule has 0 bridgehead atoms. The molecule has 6 nitrogen and oxygen atoms in total. The molecule has 382 valence electrons. The summed E-state index contributed by atoms with van der Waals surface area (Å²) in [6.45, 7) is 6.66. The van der Waals surface area contributed by atoms with Crippen molar-refractivity contribution in [1.29, 1.82) is 0 Å². The van der Waals surface area contributed by atoms with Crippen LogP contribution in [0, 0.1) is 0 Å². The van der Waals surface area contributed by atoms with Gasteiger partial charge in [-0.15, -0.1) is 0 Å². The normalized spacial score (nSPS) is 12.1. The molecule has 0 aromatic heterocycles. The van der Waals surface area contributed by atoms with Crippen molar-refractivity contribution in [3.63, 3.8) is 0 Å². The minimum atomic E-state index is -0.772. The van der Waals surface area contributed by atoms with Gasteiger partial charge in [0.05, 0.1) is 0 Å². The molecule has 0 aromatic carbocycles. The molecule has 0 saturated heterocycles. The number of carbonyl (C=O) groups excluding carboxylic acids is 3. The zero-order valence-electron chi connectivity index (χ0n) is 43.8. The molecule has 0 amide bonds. The van der Waals surface area contributed by atoms with E-state index in [9.17, 15) is 14.4 Å². The zero-order chi connectivity index (χ0) is 47.2. The highest BCUT2D eigenvalue weighted by atomic mass is 16.6. The van der Waals surface area contributed by atoms with E-state index in [2.05, 4.69) is 45.1 Å². The lowest BCUT2D eigenvalue weighted by Gasteiger charge is -2.18. The molecule has 65 heavy (non-hydrogen) atoms. The first kappa shape index (κ1) is 62.9. The highest BCUT2D eigenvalue weighted by Gasteiger charge is 2.19. The minimum absolute atomic E-state index is 0.0708. The summed E-state index contributed by atoms with van der Waals surface area (Å²) in [5.41, 5.74) is 0. The smallest absolute Gasteiger partial charge is 0.306 e. The van der Waals surface area contributed by atoms with E-state index < -0.39 is 6.10 Å². The highest BCUT2D eigenvalue weighted by Crippen LogP contribution is 2.16. The lowest BCUT2D eigenvalue weighted by molar-refractivity contribution is -0.167. The second-order valence-electron chi connectivity index (χ2n) is 19.6. The third-order valence-corrected chi connectivity index (χ3v) is 12.9. The summed E-state index contributed by atoms with van der Waals surface area (Å²) in [6.07, 6.45) is 63.1. The van der Waals surface area contributed by atoms with Gasteiger partial charge in [0.25, 0.3) is 0 Å². The molecule has 6 heteroatoms. The quantitative estimate of drug-likeness (QED) is 0.0262. The molecule has 0 unspecified atom stereocenters. The van der Waals surface area contributed by atoms with Crippen LogP contribution in [-0.4, -0.2) is 37.2 Å². The van der Waals surface area contributed by atoms with Gasteiger partial charge in [-0.3, -0.25) is 14.4 Å². The monoisotopic (exact) mass is 915 g/mol. The van der Waals surface area contributed by atoms with E-state index >= 15 is 0 Å². The van der Waals surface area contributed by atoms with Crippen molar-refractivity contribution in [1.82, 2.24) is 0 Å². The van der Waals surface area contributed by atoms with Crippen molar-refractivity contribution >= 4 is 17.9 Å². The Morgan fingerprint density at radius 1 is 0.292 bits per heavy atom. The van der Waals surface area contributed by atoms with Crippen LogP contribution < -0.4 is 0 Å². The molecular weight excluding hydrogens is 805 g/mol. The predicted octanol–water partition coefficient (Wildman–Crippen LogP) is 19.1. The van der Waals surface area contributed by atoms with Gasteiger partial charge in [0, 0.05) is 19.3 Å². The van der Waals surface area contributed by atoms with Gasteiger partial charge in [0.1, 0.15) is 13.2 Å². The molecule has 0 aliphatic rings. The van der Waals surface area contributed by atoms with Crippen molar-refractivity contribution in [3.05, 3.63) is 24.3 Å². The first-order chi connectivity index (χ1) is 32.0. The first-order valence-corrected chi connectivity index (χ1v) is 28.8. The van der Waals surface area contributed by atoms with Crippen LogP contribution >= 0.6 is 0 Å². The molecule has 0 rings (SSSR count). The lowest BCUT2D eigenvalue weighted by atomic mass is 10.0.